The van der Waals surface area contributed by atoms with E-state index >= 15 is 0 Å². The molecule has 5 rings (SSSR count). The van der Waals surface area contributed by atoms with Gasteiger partial charge in [0.1, 0.15) is 0 Å². The topological polar surface area (TPSA) is 97.5 Å². The SMILES string of the molecule is Cc1c(NC(=O)[C@H]2c3ccccc3C(=O)N(C)[C@@H]2c2cn(C)c3ccccc23)cccc1[N+](=O)[O-]. The zero-order chi connectivity index (χ0) is 24.9. The molecular formula is C27H24N4O4. The van der Waals surface area contributed by atoms with Crippen molar-refractivity contribution in [3.8, 4) is 0 Å². The minimum atomic E-state index is -0.724. The van der Waals surface area contributed by atoms with E-state index in [1.165, 1.54) is 6.07 Å². The van der Waals surface area contributed by atoms with Gasteiger partial charge in [0.25, 0.3) is 11.6 Å². The molecule has 1 aliphatic rings. The van der Waals surface area contributed by atoms with Crippen molar-refractivity contribution >= 4 is 34.1 Å². The molecule has 4 aromatic rings. The number of carbonyl (C=O) groups is 2. The number of amides is 2. The van der Waals surface area contributed by atoms with Gasteiger partial charge in [0.15, 0.2) is 0 Å². The maximum Gasteiger partial charge on any atom is 0.274 e. The van der Waals surface area contributed by atoms with E-state index in [0.717, 1.165) is 16.5 Å². The number of anilines is 1. The number of hydrogen-bond donors (Lipinski definition) is 1. The lowest BCUT2D eigenvalue weighted by molar-refractivity contribution is -0.385. The van der Waals surface area contributed by atoms with E-state index in [0.29, 0.717) is 22.4 Å². The molecule has 3 aromatic carbocycles. The van der Waals surface area contributed by atoms with E-state index in [-0.39, 0.29) is 17.5 Å². The number of fused-ring (bicyclic) bond motifs is 2. The van der Waals surface area contributed by atoms with Crippen LogP contribution >= 0.6 is 0 Å². The number of rotatable bonds is 4. The molecule has 0 unspecified atom stereocenters. The summed E-state index contributed by atoms with van der Waals surface area (Å²) in [6.45, 7) is 1.61. The number of hydrogen-bond acceptors (Lipinski definition) is 4. The lowest BCUT2D eigenvalue weighted by Gasteiger charge is -2.39. The highest BCUT2D eigenvalue weighted by Gasteiger charge is 2.43. The summed E-state index contributed by atoms with van der Waals surface area (Å²) in [5, 5.41) is 15.3. The average Bonchev–Trinajstić information content (AvgIpc) is 3.18. The number of carbonyl (C=O) groups excluding carboxylic acids is 2. The van der Waals surface area contributed by atoms with Gasteiger partial charge in [0, 0.05) is 48.4 Å². The number of aromatic nitrogens is 1. The van der Waals surface area contributed by atoms with Crippen molar-refractivity contribution in [2.24, 2.45) is 7.05 Å². The van der Waals surface area contributed by atoms with Crippen molar-refractivity contribution in [3.63, 3.8) is 0 Å². The van der Waals surface area contributed by atoms with Crippen molar-refractivity contribution in [2.75, 3.05) is 12.4 Å². The maximum absolute atomic E-state index is 13.9. The number of nitro benzene ring substituents is 1. The fourth-order valence-corrected chi connectivity index (χ4v) is 5.12. The van der Waals surface area contributed by atoms with Crippen molar-refractivity contribution in [2.45, 2.75) is 18.9 Å². The van der Waals surface area contributed by atoms with Gasteiger partial charge in [-0.3, -0.25) is 19.7 Å². The monoisotopic (exact) mass is 468 g/mol. The molecule has 1 N–H and O–H groups in total. The Morgan fingerprint density at radius 1 is 0.971 bits per heavy atom. The molecule has 1 aliphatic heterocycles. The highest BCUT2D eigenvalue weighted by atomic mass is 16.6. The summed E-state index contributed by atoms with van der Waals surface area (Å²) in [6, 6.07) is 19.0. The highest BCUT2D eigenvalue weighted by Crippen LogP contribution is 2.45. The summed E-state index contributed by atoms with van der Waals surface area (Å²) < 4.78 is 1.99. The van der Waals surface area contributed by atoms with Crippen molar-refractivity contribution in [1.29, 1.82) is 0 Å². The number of benzene rings is 3. The Bertz CT molecular complexity index is 1510. The van der Waals surface area contributed by atoms with Crippen LogP contribution in [0.3, 0.4) is 0 Å². The molecule has 176 valence electrons. The van der Waals surface area contributed by atoms with E-state index in [1.807, 2.05) is 54.2 Å². The molecule has 2 atom stereocenters. The van der Waals surface area contributed by atoms with E-state index in [2.05, 4.69) is 5.32 Å². The summed E-state index contributed by atoms with van der Waals surface area (Å²) in [5.41, 5.74) is 3.65. The fourth-order valence-electron chi connectivity index (χ4n) is 5.12. The van der Waals surface area contributed by atoms with Crippen molar-refractivity contribution in [1.82, 2.24) is 9.47 Å². The number of aryl methyl sites for hydroxylation is 1. The van der Waals surface area contributed by atoms with Gasteiger partial charge < -0.3 is 14.8 Å². The van der Waals surface area contributed by atoms with Crippen LogP contribution in [-0.4, -0.2) is 33.3 Å². The van der Waals surface area contributed by atoms with Crippen LogP contribution in [0.1, 0.15) is 39.0 Å². The van der Waals surface area contributed by atoms with Crippen molar-refractivity contribution in [3.05, 3.63) is 105 Å². The van der Waals surface area contributed by atoms with Gasteiger partial charge in [-0.05, 0) is 30.7 Å². The Balaban J connectivity index is 1.67. The van der Waals surface area contributed by atoms with Crippen LogP contribution in [0.25, 0.3) is 10.9 Å². The maximum atomic E-state index is 13.9. The minimum absolute atomic E-state index is 0.0651. The second-order valence-electron chi connectivity index (χ2n) is 8.83. The molecule has 0 fully saturated rings. The normalized spacial score (nSPS) is 17.3. The standard InChI is InChI=1S/C27H24N4O4/c1-16-21(12-8-14-22(16)31(34)35)28-26(32)24-18-10-4-5-11-19(18)27(33)30(3)25(24)20-15-29(2)23-13-7-6-9-17(20)23/h4-15,24-25H,1-3H3,(H,28,32)/t24-,25+/m0/s1. The van der Waals surface area contributed by atoms with Crippen LogP contribution in [-0.2, 0) is 11.8 Å². The average molecular weight is 469 g/mol. The molecule has 8 nitrogen and oxygen atoms in total. The first kappa shape index (κ1) is 22.3. The third kappa shape index (κ3) is 3.54. The van der Waals surface area contributed by atoms with Crippen LogP contribution in [0, 0.1) is 17.0 Å². The van der Waals surface area contributed by atoms with Crippen LogP contribution in [0.5, 0.6) is 0 Å². The van der Waals surface area contributed by atoms with Crippen LogP contribution < -0.4 is 5.32 Å². The Morgan fingerprint density at radius 3 is 2.46 bits per heavy atom. The fraction of sp³-hybridized carbons (Fsp3) is 0.185. The molecule has 0 aliphatic carbocycles. The van der Waals surface area contributed by atoms with Gasteiger partial charge in [-0.2, -0.15) is 0 Å². The second kappa shape index (κ2) is 8.39. The van der Waals surface area contributed by atoms with Gasteiger partial charge in [-0.1, -0.05) is 42.5 Å². The molecule has 8 heteroatoms. The second-order valence-corrected chi connectivity index (χ2v) is 8.83. The van der Waals surface area contributed by atoms with E-state index in [4.69, 9.17) is 0 Å². The number of nitro groups is 1. The molecule has 2 amide bonds. The lowest BCUT2D eigenvalue weighted by atomic mass is 9.79. The Labute approximate surface area is 201 Å². The molecule has 1 aromatic heterocycles. The molecule has 0 saturated carbocycles. The molecule has 0 radical (unpaired) electrons. The number of likely N-dealkylation sites (N-methyl/N-ethyl adjacent to an activating group) is 1. The predicted molar refractivity (Wildman–Crippen MR) is 133 cm³/mol. The van der Waals surface area contributed by atoms with Gasteiger partial charge >= 0.3 is 0 Å². The first-order chi connectivity index (χ1) is 16.8. The third-order valence-electron chi connectivity index (χ3n) is 6.87. The molecule has 0 bridgehead atoms. The summed E-state index contributed by atoms with van der Waals surface area (Å²) in [6.07, 6.45) is 1.96. The van der Waals surface area contributed by atoms with Crippen LogP contribution in [0.15, 0.2) is 72.9 Å². The third-order valence-corrected chi connectivity index (χ3v) is 6.87. The summed E-state index contributed by atoms with van der Waals surface area (Å²) in [5.74, 6) is -1.22. The quantitative estimate of drug-likeness (QED) is 0.339. The van der Waals surface area contributed by atoms with E-state index in [9.17, 15) is 19.7 Å². The minimum Gasteiger partial charge on any atom is -0.350 e. The summed E-state index contributed by atoms with van der Waals surface area (Å²) >= 11 is 0. The van der Waals surface area contributed by atoms with E-state index in [1.54, 1.807) is 43.1 Å². The number of para-hydroxylation sites is 1. The molecule has 35 heavy (non-hydrogen) atoms. The van der Waals surface area contributed by atoms with Gasteiger partial charge in [0.2, 0.25) is 5.91 Å². The zero-order valence-electron chi connectivity index (χ0n) is 19.6. The Hall–Kier alpha value is -4.46. The van der Waals surface area contributed by atoms with Crippen LogP contribution in [0.4, 0.5) is 11.4 Å². The van der Waals surface area contributed by atoms with Crippen LogP contribution in [0.2, 0.25) is 0 Å². The first-order valence-electron chi connectivity index (χ1n) is 11.2. The number of nitrogens with one attached hydrogen (secondary N) is 1. The largest absolute Gasteiger partial charge is 0.350 e. The molecule has 0 spiro atoms. The van der Waals surface area contributed by atoms with Gasteiger partial charge in [-0.25, -0.2) is 0 Å². The summed E-state index contributed by atoms with van der Waals surface area (Å²) in [7, 11) is 3.65. The molecule has 2 heterocycles. The van der Waals surface area contributed by atoms with E-state index < -0.39 is 16.9 Å². The summed E-state index contributed by atoms with van der Waals surface area (Å²) in [4.78, 5) is 39.8. The van der Waals surface area contributed by atoms with Gasteiger partial charge in [-0.15, -0.1) is 0 Å². The Kier molecular flexibility index (Phi) is 5.36. The first-order valence-corrected chi connectivity index (χ1v) is 11.2. The highest BCUT2D eigenvalue weighted by molar-refractivity contribution is 6.05. The Morgan fingerprint density at radius 2 is 1.69 bits per heavy atom. The zero-order valence-corrected chi connectivity index (χ0v) is 19.6. The smallest absolute Gasteiger partial charge is 0.274 e. The molecular weight excluding hydrogens is 444 g/mol. The van der Waals surface area contributed by atoms with Crippen molar-refractivity contribution < 1.29 is 14.5 Å². The predicted octanol–water partition coefficient (Wildman–Crippen LogP) is 4.94. The molecule has 0 saturated heterocycles. The lowest BCUT2D eigenvalue weighted by Crippen LogP contribution is -2.44. The van der Waals surface area contributed by atoms with Gasteiger partial charge in [0.05, 0.1) is 28.1 Å². The number of nitrogens with zero attached hydrogens (tertiary/aromatic N) is 3.